The molecule has 0 saturated heterocycles. The highest BCUT2D eigenvalue weighted by molar-refractivity contribution is 7.13. The summed E-state index contributed by atoms with van der Waals surface area (Å²) < 4.78 is 1.29. The molecule has 9 heteroatoms. The summed E-state index contributed by atoms with van der Waals surface area (Å²) in [4.78, 5) is 24.8. The van der Waals surface area contributed by atoms with Gasteiger partial charge in [-0.05, 0) is 17.1 Å². The fourth-order valence-electron chi connectivity index (χ4n) is 1.18. The molecule has 0 aliphatic heterocycles. The molecule has 1 N–H and O–H groups in total. The van der Waals surface area contributed by atoms with Gasteiger partial charge in [0.25, 0.3) is 0 Å². The van der Waals surface area contributed by atoms with E-state index in [-0.39, 0.29) is 11.4 Å². The lowest BCUT2D eigenvalue weighted by Gasteiger charge is -1.91. The Balaban J connectivity index is 2.13. The maximum Gasteiger partial charge on any atom is 0.490 e. The molecule has 2 aromatic rings. The molecular formula is C8H6N4O4S. The Hall–Kier alpha value is -2.29. The van der Waals surface area contributed by atoms with Gasteiger partial charge in [0.1, 0.15) is 4.88 Å². The second-order valence-electron chi connectivity index (χ2n) is 3.07. The molecule has 0 atom stereocenters. The van der Waals surface area contributed by atoms with Crippen molar-refractivity contribution < 1.29 is 14.8 Å². The molecule has 88 valence electrons. The summed E-state index contributed by atoms with van der Waals surface area (Å²) in [6.45, 7) is 0.263. The molecule has 0 unspecified atom stereocenters. The number of carboxylic acid groups (broad SMARTS) is 1. The van der Waals surface area contributed by atoms with E-state index in [1.165, 1.54) is 17.1 Å². The van der Waals surface area contributed by atoms with Crippen molar-refractivity contribution in [2.45, 2.75) is 6.54 Å². The first-order valence-electron chi connectivity index (χ1n) is 4.42. The Kier molecular flexibility index (Phi) is 2.83. The van der Waals surface area contributed by atoms with Gasteiger partial charge in [0.05, 0.1) is 6.54 Å². The number of carboxylic acids is 1. The number of hydrogen-bond acceptors (Lipinski definition) is 6. The molecule has 0 bridgehead atoms. The number of rotatable bonds is 4. The maximum absolute atomic E-state index is 10.6. The zero-order chi connectivity index (χ0) is 12.4. The van der Waals surface area contributed by atoms with Crippen molar-refractivity contribution in [3.8, 4) is 0 Å². The third-order valence-electron chi connectivity index (χ3n) is 1.88. The first kappa shape index (κ1) is 11.2. The summed E-state index contributed by atoms with van der Waals surface area (Å²) in [5, 5.41) is 22.7. The molecule has 2 aromatic heterocycles. The van der Waals surface area contributed by atoms with Gasteiger partial charge in [-0.3, -0.25) is 0 Å². The highest BCUT2D eigenvalue weighted by Crippen LogP contribution is 2.17. The fraction of sp³-hybridized carbons (Fsp3) is 0.125. The number of thiophene rings is 1. The molecule has 2 heterocycles. The number of hydrogen-bond donors (Lipinski definition) is 1. The Morgan fingerprint density at radius 1 is 1.59 bits per heavy atom. The zero-order valence-corrected chi connectivity index (χ0v) is 9.12. The molecule has 0 saturated carbocycles. The average Bonchev–Trinajstić information content (AvgIpc) is 2.87. The molecule has 0 aliphatic rings. The lowest BCUT2D eigenvalue weighted by atomic mass is 10.4. The number of aromatic carboxylic acids is 1. The molecule has 8 nitrogen and oxygen atoms in total. The first-order chi connectivity index (χ1) is 8.06. The van der Waals surface area contributed by atoms with Gasteiger partial charge in [-0.2, -0.15) is 4.68 Å². The van der Waals surface area contributed by atoms with Crippen LogP contribution < -0.4 is 0 Å². The second kappa shape index (κ2) is 4.29. The van der Waals surface area contributed by atoms with Crippen LogP contribution in [-0.4, -0.2) is 30.8 Å². The number of carbonyl (C=O) groups is 1. The van der Waals surface area contributed by atoms with Gasteiger partial charge in [0, 0.05) is 9.98 Å². The van der Waals surface area contributed by atoms with Gasteiger partial charge in [0.15, 0.2) is 0 Å². The summed E-state index contributed by atoms with van der Waals surface area (Å²) in [6.07, 6.45) is 1.23. The van der Waals surface area contributed by atoms with E-state index in [9.17, 15) is 14.9 Å². The van der Waals surface area contributed by atoms with Crippen LogP contribution in [0.3, 0.4) is 0 Å². The minimum atomic E-state index is -0.995. The third-order valence-corrected chi connectivity index (χ3v) is 2.94. The van der Waals surface area contributed by atoms with Gasteiger partial charge < -0.3 is 15.2 Å². The molecular weight excluding hydrogens is 248 g/mol. The van der Waals surface area contributed by atoms with Crippen LogP contribution in [0.25, 0.3) is 0 Å². The van der Waals surface area contributed by atoms with Crippen molar-refractivity contribution in [1.82, 2.24) is 14.8 Å². The summed E-state index contributed by atoms with van der Waals surface area (Å²) >= 11 is 1.10. The fourth-order valence-corrected chi connectivity index (χ4v) is 2.02. The Morgan fingerprint density at radius 2 is 2.35 bits per heavy atom. The van der Waals surface area contributed by atoms with Gasteiger partial charge >= 0.3 is 11.9 Å². The average molecular weight is 254 g/mol. The topological polar surface area (TPSA) is 111 Å². The number of aromatic nitrogens is 3. The van der Waals surface area contributed by atoms with Crippen molar-refractivity contribution in [3.05, 3.63) is 38.3 Å². The van der Waals surface area contributed by atoms with E-state index in [2.05, 4.69) is 10.1 Å². The minimum Gasteiger partial charge on any atom is -0.477 e. The van der Waals surface area contributed by atoms with Crippen LogP contribution in [-0.2, 0) is 6.54 Å². The molecule has 0 aromatic carbocycles. The highest BCUT2D eigenvalue weighted by Gasteiger charge is 2.14. The normalized spacial score (nSPS) is 10.4. The molecule has 0 fully saturated rings. The lowest BCUT2D eigenvalue weighted by Crippen LogP contribution is -1.99. The van der Waals surface area contributed by atoms with Gasteiger partial charge in [-0.15, -0.1) is 11.3 Å². The van der Waals surface area contributed by atoms with Crippen molar-refractivity contribution in [2.24, 2.45) is 0 Å². The predicted molar refractivity (Wildman–Crippen MR) is 57.1 cm³/mol. The van der Waals surface area contributed by atoms with Gasteiger partial charge in [-0.25, -0.2) is 4.79 Å². The molecule has 0 aliphatic carbocycles. The van der Waals surface area contributed by atoms with Crippen LogP contribution in [0.4, 0.5) is 5.95 Å². The highest BCUT2D eigenvalue weighted by atomic mass is 32.1. The molecule has 2 rings (SSSR count). The third kappa shape index (κ3) is 2.45. The quantitative estimate of drug-likeness (QED) is 0.643. The van der Waals surface area contributed by atoms with Crippen molar-refractivity contribution in [1.29, 1.82) is 0 Å². The SMILES string of the molecule is O=C(O)c1ccc(Cn2cnc([N+](=O)[O-])n2)s1. The van der Waals surface area contributed by atoms with Crippen LogP contribution in [0.5, 0.6) is 0 Å². The van der Waals surface area contributed by atoms with Crippen molar-refractivity contribution in [2.75, 3.05) is 0 Å². The summed E-state index contributed by atoms with van der Waals surface area (Å²) in [5.74, 6) is -1.47. The van der Waals surface area contributed by atoms with Crippen molar-refractivity contribution in [3.63, 3.8) is 0 Å². The van der Waals surface area contributed by atoms with Gasteiger partial charge in [0.2, 0.25) is 6.33 Å². The van der Waals surface area contributed by atoms with E-state index < -0.39 is 16.8 Å². The molecule has 0 amide bonds. The van der Waals surface area contributed by atoms with E-state index >= 15 is 0 Å². The second-order valence-corrected chi connectivity index (χ2v) is 4.24. The standard InChI is InChI=1S/C8H6N4O4S/c13-7(14)6-2-1-5(17-6)3-11-4-9-8(10-11)12(15)16/h1-2,4H,3H2,(H,13,14). The van der Waals surface area contributed by atoms with Crippen LogP contribution in [0, 0.1) is 10.1 Å². The first-order valence-corrected chi connectivity index (χ1v) is 5.24. The molecule has 17 heavy (non-hydrogen) atoms. The van der Waals surface area contributed by atoms with Crippen LogP contribution in [0.1, 0.15) is 14.5 Å². The van der Waals surface area contributed by atoms with E-state index in [1.807, 2.05) is 0 Å². The summed E-state index contributed by atoms with van der Waals surface area (Å²) in [6, 6.07) is 3.12. The minimum absolute atomic E-state index is 0.217. The Bertz CT molecular complexity index is 525. The molecule has 0 spiro atoms. The number of nitro groups is 1. The van der Waals surface area contributed by atoms with E-state index in [1.54, 1.807) is 6.07 Å². The monoisotopic (exact) mass is 254 g/mol. The smallest absolute Gasteiger partial charge is 0.477 e. The van der Waals surface area contributed by atoms with Crippen LogP contribution >= 0.6 is 11.3 Å². The number of nitrogens with zero attached hydrogens (tertiary/aromatic N) is 4. The Labute approximate surface area is 98.3 Å². The summed E-state index contributed by atoms with van der Waals surface area (Å²) in [7, 11) is 0. The summed E-state index contributed by atoms with van der Waals surface area (Å²) in [5.41, 5.74) is 0. The molecule has 0 radical (unpaired) electrons. The van der Waals surface area contributed by atoms with E-state index in [0.717, 1.165) is 16.2 Å². The predicted octanol–water partition coefficient (Wildman–Crippen LogP) is 0.994. The lowest BCUT2D eigenvalue weighted by molar-refractivity contribution is -0.394. The van der Waals surface area contributed by atoms with Crippen molar-refractivity contribution >= 4 is 23.3 Å². The van der Waals surface area contributed by atoms with Crippen LogP contribution in [0.15, 0.2) is 18.5 Å². The maximum atomic E-state index is 10.6. The van der Waals surface area contributed by atoms with Gasteiger partial charge in [-0.1, -0.05) is 4.98 Å². The Morgan fingerprint density at radius 3 is 2.88 bits per heavy atom. The van der Waals surface area contributed by atoms with Crippen LogP contribution in [0.2, 0.25) is 0 Å². The zero-order valence-electron chi connectivity index (χ0n) is 8.31. The van der Waals surface area contributed by atoms with E-state index in [0.29, 0.717) is 0 Å². The van der Waals surface area contributed by atoms with E-state index in [4.69, 9.17) is 5.11 Å². The largest absolute Gasteiger partial charge is 0.490 e.